The minimum Gasteiger partial charge on any atom is -0.482 e. The Kier molecular flexibility index (Phi) is 1.66. The lowest BCUT2D eigenvalue weighted by molar-refractivity contribution is 0.269. The molecule has 2 rings (SSSR count). The maximum atomic E-state index is 5.62. The zero-order chi connectivity index (χ0) is 9.75. The van der Waals surface area contributed by atoms with E-state index in [0.717, 1.165) is 11.9 Å². The van der Waals surface area contributed by atoms with E-state index in [2.05, 4.69) is 20.8 Å². The van der Waals surface area contributed by atoms with Crippen molar-refractivity contribution in [3.8, 4) is 0 Å². The van der Waals surface area contributed by atoms with Crippen LogP contribution in [-0.2, 0) is 4.74 Å². The Morgan fingerprint density at radius 3 is 1.85 bits per heavy atom. The summed E-state index contributed by atoms with van der Waals surface area (Å²) in [5.74, 6) is 1.06. The van der Waals surface area contributed by atoms with Gasteiger partial charge in [-0.15, -0.1) is 0 Å². The van der Waals surface area contributed by atoms with Crippen molar-refractivity contribution in [3.05, 3.63) is 39.7 Å². The first-order valence-electron chi connectivity index (χ1n) is 4.66. The van der Waals surface area contributed by atoms with E-state index in [1.165, 1.54) is 27.9 Å². The van der Waals surface area contributed by atoms with Crippen LogP contribution in [0, 0.1) is 6.10 Å². The molecule has 0 amide bonds. The van der Waals surface area contributed by atoms with Gasteiger partial charge in [0, 0.05) is 11.1 Å². The lowest BCUT2D eigenvalue weighted by atomic mass is 10.0. The molecule has 0 aromatic heterocycles. The minimum atomic E-state index is 1.06. The van der Waals surface area contributed by atoms with Crippen molar-refractivity contribution in [1.82, 2.24) is 0 Å². The SMILES string of the molecule is C[C]1OC(C)=C2C(C)=C(C)C(C)=C12. The molecule has 2 aliphatic rings. The Morgan fingerprint density at radius 1 is 0.692 bits per heavy atom. The van der Waals surface area contributed by atoms with Gasteiger partial charge >= 0.3 is 0 Å². The molecular formula is C12H15O. The number of hydrogen-bond donors (Lipinski definition) is 0. The number of fused-ring (bicyclic) bond motifs is 1. The average Bonchev–Trinajstić information content (AvgIpc) is 2.47. The van der Waals surface area contributed by atoms with Crippen molar-refractivity contribution in [1.29, 1.82) is 0 Å². The van der Waals surface area contributed by atoms with Crippen LogP contribution in [0.1, 0.15) is 34.6 Å². The molecule has 0 atom stereocenters. The summed E-state index contributed by atoms with van der Waals surface area (Å²) in [5, 5.41) is 0. The van der Waals surface area contributed by atoms with Crippen LogP contribution in [0.3, 0.4) is 0 Å². The van der Waals surface area contributed by atoms with Gasteiger partial charge < -0.3 is 4.74 Å². The largest absolute Gasteiger partial charge is 0.482 e. The zero-order valence-electron chi connectivity index (χ0n) is 8.91. The van der Waals surface area contributed by atoms with E-state index in [-0.39, 0.29) is 0 Å². The first-order valence-corrected chi connectivity index (χ1v) is 4.66. The number of hydrogen-bond acceptors (Lipinski definition) is 1. The van der Waals surface area contributed by atoms with Crippen molar-refractivity contribution in [2.75, 3.05) is 0 Å². The molecule has 1 aliphatic carbocycles. The van der Waals surface area contributed by atoms with Gasteiger partial charge in [-0.2, -0.15) is 0 Å². The van der Waals surface area contributed by atoms with Crippen LogP contribution in [0.5, 0.6) is 0 Å². The Labute approximate surface area is 79.8 Å². The Morgan fingerprint density at radius 2 is 1.31 bits per heavy atom. The van der Waals surface area contributed by atoms with Crippen LogP contribution >= 0.6 is 0 Å². The summed E-state index contributed by atoms with van der Waals surface area (Å²) in [6.07, 6.45) is 1.06. The van der Waals surface area contributed by atoms with Crippen LogP contribution in [0.4, 0.5) is 0 Å². The van der Waals surface area contributed by atoms with E-state index < -0.39 is 0 Å². The first-order chi connectivity index (χ1) is 6.04. The molecule has 1 radical (unpaired) electrons. The first kappa shape index (κ1) is 8.61. The van der Waals surface area contributed by atoms with Crippen molar-refractivity contribution < 1.29 is 4.74 Å². The van der Waals surface area contributed by atoms with Gasteiger partial charge in [0.05, 0.1) is 0 Å². The maximum absolute atomic E-state index is 5.62. The second kappa shape index (κ2) is 2.50. The van der Waals surface area contributed by atoms with Crippen molar-refractivity contribution >= 4 is 0 Å². The fourth-order valence-electron chi connectivity index (χ4n) is 2.24. The minimum absolute atomic E-state index is 1.06. The highest BCUT2D eigenvalue weighted by Gasteiger charge is 2.34. The van der Waals surface area contributed by atoms with Gasteiger partial charge in [0.1, 0.15) is 5.76 Å². The van der Waals surface area contributed by atoms with E-state index in [0.29, 0.717) is 0 Å². The maximum Gasteiger partial charge on any atom is 0.175 e. The molecule has 13 heavy (non-hydrogen) atoms. The van der Waals surface area contributed by atoms with Crippen molar-refractivity contribution in [2.24, 2.45) is 0 Å². The summed E-state index contributed by atoms with van der Waals surface area (Å²) < 4.78 is 5.62. The van der Waals surface area contributed by atoms with Crippen LogP contribution < -0.4 is 0 Å². The van der Waals surface area contributed by atoms with Gasteiger partial charge in [0.25, 0.3) is 0 Å². The lowest BCUT2D eigenvalue weighted by Gasteiger charge is -2.06. The van der Waals surface area contributed by atoms with Gasteiger partial charge in [0.15, 0.2) is 6.10 Å². The van der Waals surface area contributed by atoms with E-state index in [1.54, 1.807) is 0 Å². The Bertz CT molecular complexity index is 367. The van der Waals surface area contributed by atoms with Gasteiger partial charge in [0.2, 0.25) is 0 Å². The standard InChI is InChI=1S/C12H15O/c1-6-7(2)11-9(4)13-10(5)12(11)8(6)3/h1-5H3. The second-order valence-corrected chi connectivity index (χ2v) is 3.84. The Hall–Kier alpha value is -0.980. The zero-order valence-corrected chi connectivity index (χ0v) is 8.91. The molecule has 1 aliphatic heterocycles. The molecule has 0 unspecified atom stereocenters. The molecule has 0 fully saturated rings. The molecule has 1 heterocycles. The Balaban J connectivity index is 2.65. The summed E-state index contributed by atoms with van der Waals surface area (Å²) in [6, 6.07) is 0. The highest BCUT2D eigenvalue weighted by Crippen LogP contribution is 2.47. The fourth-order valence-corrected chi connectivity index (χ4v) is 2.24. The van der Waals surface area contributed by atoms with E-state index in [9.17, 15) is 0 Å². The summed E-state index contributed by atoms with van der Waals surface area (Å²) in [4.78, 5) is 0. The second-order valence-electron chi connectivity index (χ2n) is 3.84. The number of rotatable bonds is 0. The highest BCUT2D eigenvalue weighted by molar-refractivity contribution is 5.68. The smallest absolute Gasteiger partial charge is 0.175 e. The van der Waals surface area contributed by atoms with Crippen LogP contribution in [-0.4, -0.2) is 0 Å². The molecule has 0 bridgehead atoms. The summed E-state index contributed by atoms with van der Waals surface area (Å²) in [7, 11) is 0. The third-order valence-electron chi connectivity index (χ3n) is 3.14. The molecule has 0 N–H and O–H groups in total. The monoisotopic (exact) mass is 175 g/mol. The topological polar surface area (TPSA) is 9.23 Å². The molecule has 69 valence electrons. The summed E-state index contributed by atoms with van der Waals surface area (Å²) in [5.41, 5.74) is 6.82. The number of ether oxygens (including phenoxy) is 1. The van der Waals surface area contributed by atoms with E-state index in [1.807, 2.05) is 13.8 Å². The normalized spacial score (nSPS) is 23.2. The van der Waals surface area contributed by atoms with E-state index >= 15 is 0 Å². The molecule has 0 spiro atoms. The van der Waals surface area contributed by atoms with Crippen LogP contribution in [0.25, 0.3) is 0 Å². The quantitative estimate of drug-likeness (QED) is 0.547. The van der Waals surface area contributed by atoms with Gasteiger partial charge in [-0.1, -0.05) is 0 Å². The van der Waals surface area contributed by atoms with Crippen molar-refractivity contribution in [2.45, 2.75) is 34.6 Å². The van der Waals surface area contributed by atoms with Crippen LogP contribution in [0.15, 0.2) is 33.6 Å². The van der Waals surface area contributed by atoms with Gasteiger partial charge in [-0.3, -0.25) is 0 Å². The highest BCUT2D eigenvalue weighted by atomic mass is 16.5. The molecule has 1 heteroatoms. The van der Waals surface area contributed by atoms with Crippen LogP contribution in [0.2, 0.25) is 0 Å². The fraction of sp³-hybridized carbons (Fsp3) is 0.417. The average molecular weight is 175 g/mol. The third-order valence-corrected chi connectivity index (χ3v) is 3.14. The molecule has 1 nitrogen and oxygen atoms in total. The summed E-state index contributed by atoms with van der Waals surface area (Å²) in [6.45, 7) is 10.6. The molecule has 0 saturated carbocycles. The molecule has 0 aromatic carbocycles. The van der Waals surface area contributed by atoms with Gasteiger partial charge in [-0.05, 0) is 51.3 Å². The molecule has 0 aromatic rings. The number of allylic oxidation sites excluding steroid dienone is 4. The van der Waals surface area contributed by atoms with Crippen molar-refractivity contribution in [3.63, 3.8) is 0 Å². The predicted octanol–water partition coefficient (Wildman–Crippen LogP) is 3.51. The predicted molar refractivity (Wildman–Crippen MR) is 53.8 cm³/mol. The third kappa shape index (κ3) is 0.932. The molecular weight excluding hydrogens is 160 g/mol. The molecule has 0 saturated heterocycles. The van der Waals surface area contributed by atoms with Gasteiger partial charge in [-0.25, -0.2) is 0 Å². The lowest BCUT2D eigenvalue weighted by Crippen LogP contribution is -1.93. The van der Waals surface area contributed by atoms with E-state index in [4.69, 9.17) is 4.74 Å². The summed E-state index contributed by atoms with van der Waals surface area (Å²) >= 11 is 0.